The predicted molar refractivity (Wildman–Crippen MR) is 15.2 cm³/mol. The van der Waals surface area contributed by atoms with Gasteiger partial charge in [0.25, 0.3) is 0 Å². The van der Waals surface area contributed by atoms with E-state index in [1.807, 2.05) is 0 Å². The minimum atomic E-state index is -2.03. The summed E-state index contributed by atoms with van der Waals surface area (Å²) < 4.78 is 102. The molecule has 0 fully saturated rings. The summed E-state index contributed by atoms with van der Waals surface area (Å²) in [5.41, 5.74) is 0. The first kappa shape index (κ1) is 49.6. The predicted octanol–water partition coefficient (Wildman–Crippen LogP) is -7.81. The van der Waals surface area contributed by atoms with Crippen LogP contribution in [0.2, 0.25) is 0 Å². The minimum Gasteiger partial charge on any atom is 6.00 e. The van der Waals surface area contributed by atoms with Crippen LogP contribution in [0.25, 0.3) is 0 Å². The third-order valence-electron chi connectivity index (χ3n) is 0. The molecule has 0 aromatic rings. The normalized spacial score (nSPS) is 3.90. The molecule has 0 bridgehead atoms. The van der Waals surface area contributed by atoms with Crippen LogP contribution in [0.1, 0.15) is 0 Å². The molecule has 0 radical (unpaired) electrons. The van der Waals surface area contributed by atoms with E-state index in [0.717, 1.165) is 0 Å². The average molecular weight is 985 g/mol. The van der Waals surface area contributed by atoms with Crippen LogP contribution in [0.15, 0.2) is 0 Å². The zero-order valence-electron chi connectivity index (χ0n) is 8.46. The topological polar surface area (TPSA) is 241 Å². The second-order valence-corrected chi connectivity index (χ2v) is 2.42. The molecule has 0 N–H and O–H groups in total. The molecule has 12 nitrogen and oxygen atoms in total. The molecule has 0 spiro atoms. The Bertz CT molecular complexity index is 119. The van der Waals surface area contributed by atoms with Crippen molar-refractivity contribution in [1.29, 1.82) is 0 Å². The molecule has 0 aliphatic rings. The SMILES string of the molecule is P.[O]=[Mo][O-].[O]=[Mo][O-].[O]=[Mo][O-].[O]=[Mo][O-].[O]=[Mo][O-].[O]=[Mo][O-].[W+6]. The molecule has 20 heavy (non-hydrogen) atoms. The Morgan fingerprint density at radius 2 is 0.400 bits per heavy atom. The fourth-order valence-electron chi connectivity index (χ4n) is 0. The van der Waals surface area contributed by atoms with E-state index >= 15 is 0 Å². The molecule has 0 saturated heterocycles. The summed E-state index contributed by atoms with van der Waals surface area (Å²) >= 11 is -12.2. The molecular weight excluding hydrogens is 982 g/mol. The molecule has 0 amide bonds. The molecule has 0 aromatic heterocycles. The van der Waals surface area contributed by atoms with Crippen LogP contribution in [0.4, 0.5) is 0 Å². The first-order chi connectivity index (χ1) is 8.49. The summed E-state index contributed by atoms with van der Waals surface area (Å²) in [7, 11) is 0. The molecule has 122 valence electrons. The van der Waals surface area contributed by atoms with Crippen LogP contribution in [-0.2, 0) is 155 Å². The van der Waals surface area contributed by atoms with Gasteiger partial charge in [-0.1, -0.05) is 0 Å². The fourth-order valence-corrected chi connectivity index (χ4v) is 0. The second kappa shape index (κ2) is 113. The largest absolute Gasteiger partial charge is 6.00 e. The van der Waals surface area contributed by atoms with Crippen molar-refractivity contribution in [2.75, 3.05) is 0 Å². The zero-order chi connectivity index (χ0) is 16.2. The van der Waals surface area contributed by atoms with Crippen LogP contribution in [-0.4, -0.2) is 0 Å². The van der Waals surface area contributed by atoms with Gasteiger partial charge in [-0.25, -0.2) is 0 Å². The first-order valence-electron chi connectivity index (χ1n) is 2.00. The van der Waals surface area contributed by atoms with E-state index in [0.29, 0.717) is 0 Å². The monoisotopic (exact) mass is 997 g/mol. The van der Waals surface area contributed by atoms with Gasteiger partial charge in [-0.15, -0.1) is 0 Å². The van der Waals surface area contributed by atoms with Gasteiger partial charge in [0.2, 0.25) is 0 Å². The van der Waals surface area contributed by atoms with Gasteiger partial charge in [0.05, 0.1) is 0 Å². The first-order valence-corrected chi connectivity index (χ1v) is 11.8. The van der Waals surface area contributed by atoms with Crippen molar-refractivity contribution in [3.8, 4) is 0 Å². The van der Waals surface area contributed by atoms with Crippen molar-refractivity contribution < 1.29 is 177 Å². The van der Waals surface area contributed by atoms with Gasteiger partial charge in [-0.2, -0.15) is 9.90 Å². The zero-order valence-corrected chi connectivity index (χ0v) is 24.9. The van der Waals surface area contributed by atoms with E-state index in [2.05, 4.69) is 0 Å². The van der Waals surface area contributed by atoms with Gasteiger partial charge in [-0.05, 0) is 0 Å². The van der Waals surface area contributed by atoms with Crippen molar-refractivity contribution in [3.63, 3.8) is 0 Å². The molecule has 1 unspecified atom stereocenters. The van der Waals surface area contributed by atoms with Crippen molar-refractivity contribution >= 4 is 9.90 Å². The maximum Gasteiger partial charge on any atom is 6.00 e. The van der Waals surface area contributed by atoms with Crippen molar-refractivity contribution in [2.45, 2.75) is 0 Å². The average Bonchev–Trinajstić information content (AvgIpc) is 2.23. The molecule has 20 heteroatoms. The van der Waals surface area contributed by atoms with E-state index in [1.54, 1.807) is 0 Å². The Kier molecular flexibility index (Phi) is 279. The van der Waals surface area contributed by atoms with Gasteiger partial charge < -0.3 is 0 Å². The molecule has 0 heterocycles. The number of hydrogen-bond donors (Lipinski definition) is 0. The Morgan fingerprint density at radius 3 is 0.400 bits per heavy atom. The van der Waals surface area contributed by atoms with Gasteiger partial charge >= 0.3 is 177 Å². The molecule has 0 aliphatic heterocycles. The Balaban J connectivity index is -0.0000000141. The van der Waals surface area contributed by atoms with Crippen LogP contribution in [0.5, 0.6) is 0 Å². The number of hydrogen-bond acceptors (Lipinski definition) is 12. The summed E-state index contributed by atoms with van der Waals surface area (Å²) in [4.78, 5) is 0. The molecule has 0 rings (SSSR count). The van der Waals surface area contributed by atoms with Gasteiger partial charge in [0.1, 0.15) is 0 Å². The third-order valence-corrected chi connectivity index (χ3v) is 0. The standard InChI is InChI=1S/6Mo.12O.H3P.W/h;;;;;;;;;;;;;;;;;;1H3;/q;;;;;;;;;;;;6*-1;;+6. The van der Waals surface area contributed by atoms with Crippen molar-refractivity contribution in [3.05, 3.63) is 0 Å². The number of rotatable bonds is 0. The quantitative estimate of drug-likeness (QED) is 0.163. The van der Waals surface area contributed by atoms with Crippen LogP contribution in [0.3, 0.4) is 0 Å². The summed E-state index contributed by atoms with van der Waals surface area (Å²) in [6.45, 7) is 0. The summed E-state index contributed by atoms with van der Waals surface area (Å²) in [6.07, 6.45) is 0. The fraction of sp³-hybridized carbons (Fsp3) is 0. The van der Waals surface area contributed by atoms with Crippen LogP contribution >= 0.6 is 9.90 Å². The summed E-state index contributed by atoms with van der Waals surface area (Å²) in [6, 6.07) is 0. The van der Waals surface area contributed by atoms with E-state index < -0.39 is 113 Å². The second-order valence-electron chi connectivity index (χ2n) is 0.408. The van der Waals surface area contributed by atoms with E-state index in [9.17, 15) is 0 Å². The molecule has 1 atom stereocenters. The van der Waals surface area contributed by atoms with E-state index in [1.165, 1.54) is 0 Å². The Labute approximate surface area is 184 Å². The maximum atomic E-state index is 8.50. The minimum absolute atomic E-state index is 0. The molecule has 0 saturated carbocycles. The maximum absolute atomic E-state index is 8.50. The third kappa shape index (κ3) is 651. The van der Waals surface area contributed by atoms with E-state index in [-0.39, 0.29) is 31.0 Å². The van der Waals surface area contributed by atoms with Crippen molar-refractivity contribution in [2.24, 2.45) is 0 Å². The Hall–Kier alpha value is 3.81. The van der Waals surface area contributed by atoms with Gasteiger partial charge in [0.15, 0.2) is 0 Å². The summed E-state index contributed by atoms with van der Waals surface area (Å²) in [5, 5.41) is 0. The van der Waals surface area contributed by atoms with Crippen LogP contribution in [0, 0.1) is 0 Å². The van der Waals surface area contributed by atoms with E-state index in [4.69, 9.17) is 42.9 Å². The smallest absolute Gasteiger partial charge is 6.00 e. The van der Waals surface area contributed by atoms with Crippen molar-refractivity contribution in [1.82, 2.24) is 0 Å². The van der Waals surface area contributed by atoms with Gasteiger partial charge in [0, 0.05) is 0 Å². The molecular formula is H3Mo6O12PW. The molecule has 0 aliphatic carbocycles. The molecule has 0 aromatic carbocycles. The Morgan fingerprint density at radius 1 is 0.400 bits per heavy atom. The van der Waals surface area contributed by atoms with Crippen LogP contribution < -0.4 is 22.6 Å². The van der Waals surface area contributed by atoms with Gasteiger partial charge in [-0.3, -0.25) is 0 Å². The summed E-state index contributed by atoms with van der Waals surface area (Å²) in [5.74, 6) is 0.